The van der Waals surface area contributed by atoms with Crippen molar-refractivity contribution in [2.24, 2.45) is 0 Å². The second kappa shape index (κ2) is 22.6. The van der Waals surface area contributed by atoms with Gasteiger partial charge in [0.25, 0.3) is 10.1 Å². The minimum Gasteiger partial charge on any atom is -0.463 e. The second-order valence-electron chi connectivity index (χ2n) is 11.3. The normalized spacial score (nSPS) is 23.9. The van der Waals surface area contributed by atoms with Gasteiger partial charge in [0, 0.05) is 6.42 Å². The first-order valence-corrected chi connectivity index (χ1v) is 17.3. The Morgan fingerprint density at radius 1 is 0.732 bits per heavy atom. The van der Waals surface area contributed by atoms with Crippen molar-refractivity contribution >= 4 is 16.1 Å². The maximum absolute atomic E-state index is 11.9. The molecular formula is C29H56O11S. The van der Waals surface area contributed by atoms with Gasteiger partial charge in [0.1, 0.15) is 42.9 Å². The topological polar surface area (TPSA) is 180 Å². The van der Waals surface area contributed by atoms with Gasteiger partial charge >= 0.3 is 5.97 Å². The summed E-state index contributed by atoms with van der Waals surface area (Å²) in [4.78, 5) is 11.9. The van der Waals surface area contributed by atoms with Gasteiger partial charge < -0.3 is 34.6 Å². The van der Waals surface area contributed by atoms with E-state index in [-0.39, 0.29) is 13.0 Å². The second-order valence-corrected chi connectivity index (χ2v) is 12.8. The molecule has 0 aromatic carbocycles. The number of unbranched alkanes of at least 4 members (excludes halogenated alkanes) is 16. The van der Waals surface area contributed by atoms with Crippen molar-refractivity contribution in [3.63, 3.8) is 0 Å². The van der Waals surface area contributed by atoms with Crippen molar-refractivity contribution in [3.05, 3.63) is 0 Å². The highest BCUT2D eigenvalue weighted by atomic mass is 32.2. The summed E-state index contributed by atoms with van der Waals surface area (Å²) >= 11 is 0. The van der Waals surface area contributed by atoms with Crippen molar-refractivity contribution in [2.45, 2.75) is 159 Å². The van der Waals surface area contributed by atoms with Gasteiger partial charge in [-0.25, -0.2) is 0 Å². The summed E-state index contributed by atoms with van der Waals surface area (Å²) in [5, 5.41) is 39.8. The molecule has 0 aromatic heterocycles. The molecule has 0 radical (unpaired) electrons. The molecule has 5 N–H and O–H groups in total. The average Bonchev–Trinajstić information content (AvgIpc) is 2.92. The zero-order valence-corrected chi connectivity index (χ0v) is 25.7. The average molecular weight is 613 g/mol. The van der Waals surface area contributed by atoms with Crippen LogP contribution < -0.4 is 0 Å². The van der Waals surface area contributed by atoms with Gasteiger partial charge in [-0.2, -0.15) is 8.42 Å². The molecule has 1 heterocycles. The van der Waals surface area contributed by atoms with Crippen LogP contribution in [0.1, 0.15) is 122 Å². The maximum atomic E-state index is 11.9. The lowest BCUT2D eigenvalue weighted by molar-refractivity contribution is -0.296. The van der Waals surface area contributed by atoms with Crippen LogP contribution in [-0.4, -0.2) is 95.1 Å². The van der Waals surface area contributed by atoms with E-state index in [0.29, 0.717) is 6.42 Å². The molecule has 41 heavy (non-hydrogen) atoms. The molecule has 1 rings (SSSR count). The number of hydrogen-bond donors (Lipinski definition) is 5. The standard InChI is InChI=1S/C29H56O11S/c1-2-3-4-5-6-7-8-9-10-11-12-13-14-15-16-17-18-19-25(31)38-20-23(30)21-39-29-28(34)27(33)26(32)24(40-29)22-41(35,36)37/h23-24,26-30,32-34H,2-22H2,1H3,(H,35,36,37)/t23?,24-,26-,27+,28-,29+/m1/s1. The van der Waals surface area contributed by atoms with Gasteiger partial charge in [-0.3, -0.25) is 9.35 Å². The number of hydrogen-bond acceptors (Lipinski definition) is 10. The number of ether oxygens (including phenoxy) is 3. The predicted molar refractivity (Wildman–Crippen MR) is 155 cm³/mol. The molecule has 0 amide bonds. The van der Waals surface area contributed by atoms with Crippen LogP contribution in [0.5, 0.6) is 0 Å². The van der Waals surface area contributed by atoms with Gasteiger partial charge in [0.05, 0.1) is 6.61 Å². The molecule has 0 spiro atoms. The molecule has 0 bridgehead atoms. The van der Waals surface area contributed by atoms with E-state index in [1.54, 1.807) is 0 Å². The molecule has 1 saturated heterocycles. The molecule has 1 aliphatic rings. The fourth-order valence-electron chi connectivity index (χ4n) is 4.91. The largest absolute Gasteiger partial charge is 0.463 e. The summed E-state index contributed by atoms with van der Waals surface area (Å²) in [5.41, 5.74) is 0. The van der Waals surface area contributed by atoms with Gasteiger partial charge in [0.2, 0.25) is 0 Å². The highest BCUT2D eigenvalue weighted by Crippen LogP contribution is 2.23. The smallest absolute Gasteiger partial charge is 0.305 e. The number of aliphatic hydroxyl groups excluding tert-OH is 4. The summed E-state index contributed by atoms with van der Waals surface area (Å²) in [6.07, 6.45) is 11.9. The van der Waals surface area contributed by atoms with Gasteiger partial charge in [-0.1, -0.05) is 110 Å². The Morgan fingerprint density at radius 3 is 1.66 bits per heavy atom. The molecule has 0 saturated carbocycles. The van der Waals surface area contributed by atoms with Crippen molar-refractivity contribution in [1.82, 2.24) is 0 Å². The van der Waals surface area contributed by atoms with Crippen LogP contribution in [0.3, 0.4) is 0 Å². The molecule has 1 fully saturated rings. The summed E-state index contributed by atoms with van der Waals surface area (Å²) in [6, 6.07) is 0. The van der Waals surface area contributed by atoms with Crippen molar-refractivity contribution in [2.75, 3.05) is 19.0 Å². The molecular weight excluding hydrogens is 556 g/mol. The Labute approximate surface area is 246 Å². The number of aliphatic hydroxyl groups is 4. The summed E-state index contributed by atoms with van der Waals surface area (Å²) in [7, 11) is -4.54. The minimum atomic E-state index is -4.54. The summed E-state index contributed by atoms with van der Waals surface area (Å²) in [6.45, 7) is 1.46. The molecule has 1 aliphatic heterocycles. The zero-order chi connectivity index (χ0) is 30.5. The molecule has 0 aromatic rings. The minimum absolute atomic E-state index is 0.248. The number of carbonyl (C=O) groups is 1. The molecule has 244 valence electrons. The Balaban J connectivity index is 2.00. The Bertz CT molecular complexity index is 764. The molecule has 12 heteroatoms. The molecule has 11 nitrogen and oxygen atoms in total. The first-order valence-electron chi connectivity index (χ1n) is 15.6. The van der Waals surface area contributed by atoms with Crippen molar-refractivity contribution < 1.29 is 52.4 Å². The van der Waals surface area contributed by atoms with Crippen LogP contribution >= 0.6 is 0 Å². The van der Waals surface area contributed by atoms with Crippen LogP contribution in [0.15, 0.2) is 0 Å². The van der Waals surface area contributed by atoms with Crippen molar-refractivity contribution in [1.29, 1.82) is 0 Å². The van der Waals surface area contributed by atoms with Crippen LogP contribution in [0.25, 0.3) is 0 Å². The van der Waals surface area contributed by atoms with E-state index < -0.39 is 65.3 Å². The van der Waals surface area contributed by atoms with E-state index in [1.165, 1.54) is 83.5 Å². The Hall–Kier alpha value is -0.860. The van der Waals surface area contributed by atoms with Crippen LogP contribution in [-0.2, 0) is 29.1 Å². The van der Waals surface area contributed by atoms with E-state index in [1.807, 2.05) is 0 Å². The Kier molecular flexibility index (Phi) is 21.1. The first-order chi connectivity index (χ1) is 19.5. The first kappa shape index (κ1) is 38.2. The molecule has 0 aliphatic carbocycles. The maximum Gasteiger partial charge on any atom is 0.305 e. The van der Waals surface area contributed by atoms with Crippen LogP contribution in [0, 0.1) is 0 Å². The van der Waals surface area contributed by atoms with Crippen LogP contribution in [0.4, 0.5) is 0 Å². The number of carbonyl (C=O) groups excluding carboxylic acids is 1. The third-order valence-electron chi connectivity index (χ3n) is 7.42. The lowest BCUT2D eigenvalue weighted by atomic mass is 10.00. The van der Waals surface area contributed by atoms with Gasteiger partial charge in [-0.15, -0.1) is 0 Å². The highest BCUT2D eigenvalue weighted by Gasteiger charge is 2.45. The fraction of sp³-hybridized carbons (Fsp3) is 0.966. The lowest BCUT2D eigenvalue weighted by Crippen LogP contribution is -2.60. The fourth-order valence-corrected chi connectivity index (χ4v) is 5.60. The third kappa shape index (κ3) is 19.1. The molecule has 1 unspecified atom stereocenters. The predicted octanol–water partition coefficient (Wildman–Crippen LogP) is 3.64. The number of rotatable bonds is 25. The van der Waals surface area contributed by atoms with Gasteiger partial charge in [0.15, 0.2) is 6.29 Å². The highest BCUT2D eigenvalue weighted by molar-refractivity contribution is 7.85. The van der Waals surface area contributed by atoms with Crippen LogP contribution in [0.2, 0.25) is 0 Å². The third-order valence-corrected chi connectivity index (χ3v) is 8.17. The number of esters is 1. The lowest BCUT2D eigenvalue weighted by Gasteiger charge is -2.40. The molecule has 6 atom stereocenters. The van der Waals surface area contributed by atoms with Gasteiger partial charge in [-0.05, 0) is 6.42 Å². The van der Waals surface area contributed by atoms with E-state index >= 15 is 0 Å². The van der Waals surface area contributed by atoms with E-state index in [4.69, 9.17) is 18.8 Å². The van der Waals surface area contributed by atoms with E-state index in [0.717, 1.165) is 19.3 Å². The van der Waals surface area contributed by atoms with E-state index in [9.17, 15) is 33.6 Å². The summed E-state index contributed by atoms with van der Waals surface area (Å²) < 4.78 is 46.5. The van der Waals surface area contributed by atoms with E-state index in [2.05, 4.69) is 6.92 Å². The zero-order valence-electron chi connectivity index (χ0n) is 24.9. The summed E-state index contributed by atoms with van der Waals surface area (Å²) in [5.74, 6) is -1.46. The van der Waals surface area contributed by atoms with Crippen molar-refractivity contribution in [3.8, 4) is 0 Å². The monoisotopic (exact) mass is 612 g/mol. The SMILES string of the molecule is CCCCCCCCCCCCCCCCCCCC(=O)OCC(O)CO[C@H]1O[C@H](CS(=O)(=O)O)[C@@H](O)[C@H](O)[C@H]1O. The quantitative estimate of drug-likeness (QED) is 0.0577. The Morgan fingerprint density at radius 2 is 1.20 bits per heavy atom.